The smallest absolute Gasteiger partial charge is 0.0901 e. The number of benzene rings is 1. The van der Waals surface area contributed by atoms with Crippen molar-refractivity contribution in [2.24, 2.45) is 0 Å². The Hall–Kier alpha value is -0.940. The summed E-state index contributed by atoms with van der Waals surface area (Å²) in [6.45, 7) is 6.46. The van der Waals surface area contributed by atoms with Crippen molar-refractivity contribution in [3.8, 4) is 12.3 Å². The fourth-order valence-electron chi connectivity index (χ4n) is 2.23. The summed E-state index contributed by atoms with van der Waals surface area (Å²) < 4.78 is 0. The number of halogens is 2. The lowest BCUT2D eigenvalue weighted by molar-refractivity contribution is 0.257. The minimum absolute atomic E-state index is 0.00449. The highest BCUT2D eigenvalue weighted by Gasteiger charge is 2.12. The van der Waals surface area contributed by atoms with Crippen LogP contribution >= 0.6 is 23.2 Å². The van der Waals surface area contributed by atoms with Gasteiger partial charge in [-0.2, -0.15) is 0 Å². The monoisotopic (exact) mass is 337 g/mol. The van der Waals surface area contributed by atoms with Crippen LogP contribution < -0.4 is 0 Å². The number of hydrogen-bond donors (Lipinski definition) is 0. The van der Waals surface area contributed by atoms with Crippen molar-refractivity contribution in [3.05, 3.63) is 39.9 Å². The predicted octanol–water partition coefficient (Wildman–Crippen LogP) is 5.91. The third-order valence-electron chi connectivity index (χ3n) is 3.58. The molecule has 0 amide bonds. The highest BCUT2D eigenvalue weighted by Crippen LogP contribution is 2.22. The first-order valence-corrected chi connectivity index (χ1v) is 8.71. The van der Waals surface area contributed by atoms with Gasteiger partial charge in [0, 0.05) is 10.0 Å². The molecule has 1 rings (SSSR count). The molecule has 1 atom stereocenters. The minimum Gasteiger partial charge on any atom is -0.287 e. The van der Waals surface area contributed by atoms with Crippen LogP contribution in [0, 0.1) is 12.3 Å². The topological polar surface area (TPSA) is 3.24 Å². The van der Waals surface area contributed by atoms with Crippen molar-refractivity contribution in [1.29, 1.82) is 0 Å². The van der Waals surface area contributed by atoms with E-state index in [2.05, 4.69) is 30.7 Å². The molecule has 0 saturated heterocycles. The summed E-state index contributed by atoms with van der Waals surface area (Å²) in [5.41, 5.74) is 0.942. The molecular formula is C19H25Cl2N. The highest BCUT2D eigenvalue weighted by molar-refractivity contribution is 6.35. The number of nitrogens with zero attached hydrogens (tertiary/aromatic N) is 1. The molecule has 1 unspecified atom stereocenters. The minimum atomic E-state index is 0.00449. The normalized spacial score (nSPS) is 12.7. The molecule has 0 spiro atoms. The lowest BCUT2D eigenvalue weighted by Crippen LogP contribution is -2.34. The number of hydrogen-bond acceptors (Lipinski definition) is 1. The molecule has 0 saturated carbocycles. The van der Waals surface area contributed by atoms with Crippen molar-refractivity contribution in [2.45, 2.75) is 45.6 Å². The van der Waals surface area contributed by atoms with Gasteiger partial charge >= 0.3 is 0 Å². The first-order chi connectivity index (χ1) is 10.6. The summed E-state index contributed by atoms with van der Waals surface area (Å²) in [6, 6.07) is 5.51. The Morgan fingerprint density at radius 2 is 1.82 bits per heavy atom. The molecule has 1 nitrogen and oxygen atoms in total. The van der Waals surface area contributed by atoms with Gasteiger partial charge in [-0.05, 0) is 43.6 Å². The highest BCUT2D eigenvalue weighted by atomic mass is 35.5. The van der Waals surface area contributed by atoms with E-state index in [1.807, 2.05) is 18.2 Å². The van der Waals surface area contributed by atoms with Crippen molar-refractivity contribution >= 4 is 29.3 Å². The Morgan fingerprint density at radius 3 is 2.32 bits per heavy atom. The van der Waals surface area contributed by atoms with E-state index in [9.17, 15) is 0 Å². The first kappa shape index (κ1) is 19.1. The summed E-state index contributed by atoms with van der Waals surface area (Å²) >= 11 is 12.1. The fourth-order valence-corrected chi connectivity index (χ4v) is 2.70. The molecule has 0 bridgehead atoms. The first-order valence-electron chi connectivity index (χ1n) is 7.95. The molecule has 0 fully saturated rings. The lowest BCUT2D eigenvalue weighted by atomic mass is 10.1. The second-order valence-electron chi connectivity index (χ2n) is 5.38. The lowest BCUT2D eigenvalue weighted by Gasteiger charge is -2.26. The van der Waals surface area contributed by atoms with Gasteiger partial charge in [-0.3, -0.25) is 4.90 Å². The third-order valence-corrected chi connectivity index (χ3v) is 4.14. The van der Waals surface area contributed by atoms with Crippen LogP contribution in [0.4, 0.5) is 0 Å². The molecule has 0 heterocycles. The van der Waals surface area contributed by atoms with E-state index in [0.717, 1.165) is 31.5 Å². The molecule has 0 aliphatic carbocycles. The van der Waals surface area contributed by atoms with E-state index in [4.69, 9.17) is 29.6 Å². The molecule has 120 valence electrons. The Bertz CT molecular complexity index is 509. The van der Waals surface area contributed by atoms with Gasteiger partial charge in [0.1, 0.15) is 0 Å². The van der Waals surface area contributed by atoms with Gasteiger partial charge in [-0.15, -0.1) is 6.42 Å². The summed E-state index contributed by atoms with van der Waals surface area (Å²) in [5.74, 6) is 2.89. The Kier molecular flexibility index (Phi) is 9.32. The zero-order valence-corrected chi connectivity index (χ0v) is 15.0. The molecule has 3 heteroatoms. The van der Waals surface area contributed by atoms with E-state index in [1.165, 1.54) is 12.8 Å². The quantitative estimate of drug-likeness (QED) is 0.506. The third kappa shape index (κ3) is 6.44. The summed E-state index contributed by atoms with van der Waals surface area (Å²) in [6.07, 6.45) is 14.5. The molecule has 22 heavy (non-hydrogen) atoms. The summed E-state index contributed by atoms with van der Waals surface area (Å²) in [4.78, 5) is 2.37. The zero-order valence-electron chi connectivity index (χ0n) is 13.5. The molecule has 1 aromatic carbocycles. The molecule has 0 radical (unpaired) electrons. The SMILES string of the molecule is C#CC(C=Cc1ccc(Cl)cc1Cl)N(CCCC)CCCC. The maximum atomic E-state index is 6.20. The van der Waals surface area contributed by atoms with Crippen LogP contribution in [-0.4, -0.2) is 24.0 Å². The van der Waals surface area contributed by atoms with Gasteiger partial charge in [0.2, 0.25) is 0 Å². The molecular weight excluding hydrogens is 313 g/mol. The maximum Gasteiger partial charge on any atom is 0.0901 e. The van der Waals surface area contributed by atoms with Gasteiger partial charge in [0.25, 0.3) is 0 Å². The average molecular weight is 338 g/mol. The summed E-state index contributed by atoms with van der Waals surface area (Å²) in [5, 5.41) is 1.29. The van der Waals surface area contributed by atoms with E-state index >= 15 is 0 Å². The molecule has 0 N–H and O–H groups in total. The van der Waals surface area contributed by atoms with E-state index in [0.29, 0.717) is 10.0 Å². The standard InChI is InChI=1S/C19H25Cl2N/c1-4-7-13-22(14-8-5-2)18(6-3)12-10-16-9-11-17(20)15-19(16)21/h3,9-12,15,18H,4-5,7-8,13-14H2,1-2H3. The number of terminal acetylenes is 1. The van der Waals surface area contributed by atoms with E-state index < -0.39 is 0 Å². The molecule has 0 aliphatic heterocycles. The average Bonchev–Trinajstić information content (AvgIpc) is 2.51. The Labute approximate surface area is 145 Å². The second-order valence-corrected chi connectivity index (χ2v) is 6.22. The van der Waals surface area contributed by atoms with Crippen molar-refractivity contribution in [3.63, 3.8) is 0 Å². The van der Waals surface area contributed by atoms with Gasteiger partial charge in [0.05, 0.1) is 6.04 Å². The second kappa shape index (κ2) is 10.7. The molecule has 1 aromatic rings. The van der Waals surface area contributed by atoms with Crippen LogP contribution in [0.3, 0.4) is 0 Å². The van der Waals surface area contributed by atoms with E-state index in [1.54, 1.807) is 6.07 Å². The van der Waals surface area contributed by atoms with Crippen molar-refractivity contribution < 1.29 is 0 Å². The van der Waals surface area contributed by atoms with Crippen LogP contribution in [0.2, 0.25) is 10.0 Å². The van der Waals surface area contributed by atoms with Crippen LogP contribution in [0.15, 0.2) is 24.3 Å². The van der Waals surface area contributed by atoms with Crippen LogP contribution in [0.25, 0.3) is 6.08 Å². The number of unbranched alkanes of at least 4 members (excludes halogenated alkanes) is 2. The predicted molar refractivity (Wildman–Crippen MR) is 99.5 cm³/mol. The summed E-state index contributed by atoms with van der Waals surface area (Å²) in [7, 11) is 0. The Balaban J connectivity index is 2.82. The van der Waals surface area contributed by atoms with E-state index in [-0.39, 0.29) is 6.04 Å². The van der Waals surface area contributed by atoms with Crippen LogP contribution in [-0.2, 0) is 0 Å². The largest absolute Gasteiger partial charge is 0.287 e. The van der Waals surface area contributed by atoms with Gasteiger partial charge in [-0.25, -0.2) is 0 Å². The number of rotatable bonds is 9. The van der Waals surface area contributed by atoms with Crippen LogP contribution in [0.1, 0.15) is 45.1 Å². The maximum absolute atomic E-state index is 6.20. The van der Waals surface area contributed by atoms with Gasteiger partial charge in [-0.1, -0.05) is 74.0 Å². The Morgan fingerprint density at radius 1 is 1.18 bits per heavy atom. The van der Waals surface area contributed by atoms with Crippen molar-refractivity contribution in [1.82, 2.24) is 4.90 Å². The van der Waals surface area contributed by atoms with Crippen LogP contribution in [0.5, 0.6) is 0 Å². The van der Waals surface area contributed by atoms with Gasteiger partial charge in [0.15, 0.2) is 0 Å². The van der Waals surface area contributed by atoms with Crippen molar-refractivity contribution in [2.75, 3.05) is 13.1 Å². The molecule has 0 aromatic heterocycles. The molecule has 0 aliphatic rings. The van der Waals surface area contributed by atoms with Gasteiger partial charge < -0.3 is 0 Å². The zero-order chi connectivity index (χ0) is 16.4. The fraction of sp³-hybridized carbons (Fsp3) is 0.474.